The van der Waals surface area contributed by atoms with Gasteiger partial charge < -0.3 is 10.3 Å². The first-order valence-electron chi connectivity index (χ1n) is 6.14. The SMILES string of the molecule is Cc1cc(-c2cc3c(N)[nH]nc3nc2C(C)C)on1. The van der Waals surface area contributed by atoms with Crippen molar-refractivity contribution in [2.24, 2.45) is 0 Å². The Kier molecular flexibility index (Phi) is 2.51. The number of fused-ring (bicyclic) bond motifs is 1. The molecule has 6 nitrogen and oxygen atoms in total. The lowest BCUT2D eigenvalue weighted by Crippen LogP contribution is -1.97. The smallest absolute Gasteiger partial charge is 0.183 e. The van der Waals surface area contributed by atoms with E-state index in [1.54, 1.807) is 0 Å². The lowest BCUT2D eigenvalue weighted by Gasteiger charge is -2.09. The van der Waals surface area contributed by atoms with Crippen molar-refractivity contribution in [2.45, 2.75) is 26.7 Å². The molecule has 0 amide bonds. The van der Waals surface area contributed by atoms with Crippen LogP contribution < -0.4 is 5.73 Å². The van der Waals surface area contributed by atoms with E-state index in [1.165, 1.54) is 0 Å². The summed E-state index contributed by atoms with van der Waals surface area (Å²) < 4.78 is 5.35. The molecule has 0 spiro atoms. The number of aryl methyl sites for hydroxylation is 1. The number of anilines is 1. The fraction of sp³-hybridized carbons (Fsp3) is 0.308. The van der Waals surface area contributed by atoms with Crippen LogP contribution in [0.15, 0.2) is 16.7 Å². The molecule has 0 bridgehead atoms. The number of nitrogens with zero attached hydrogens (tertiary/aromatic N) is 3. The second kappa shape index (κ2) is 4.08. The van der Waals surface area contributed by atoms with Crippen molar-refractivity contribution in [1.82, 2.24) is 20.3 Å². The number of rotatable bonds is 2. The lowest BCUT2D eigenvalue weighted by atomic mass is 10.0. The standard InChI is InChI=1S/C13H15N5O/c1-6(2)11-8(10-4-7(3)18-19-10)5-9-12(14)16-17-13(9)15-11/h4-6H,1-3H3,(H3,14,15,16,17). The second-order valence-electron chi connectivity index (χ2n) is 4.92. The number of hydrogen-bond acceptors (Lipinski definition) is 5. The number of aromatic nitrogens is 4. The van der Waals surface area contributed by atoms with Gasteiger partial charge in [-0.05, 0) is 18.9 Å². The van der Waals surface area contributed by atoms with E-state index in [2.05, 4.69) is 34.2 Å². The summed E-state index contributed by atoms with van der Waals surface area (Å²) in [6.07, 6.45) is 0. The Hall–Kier alpha value is -2.37. The van der Waals surface area contributed by atoms with E-state index in [0.29, 0.717) is 17.2 Å². The molecule has 0 fully saturated rings. The highest BCUT2D eigenvalue weighted by molar-refractivity contribution is 5.89. The molecule has 3 N–H and O–H groups in total. The van der Waals surface area contributed by atoms with Gasteiger partial charge in [-0.25, -0.2) is 4.98 Å². The number of aromatic amines is 1. The number of hydrogen-bond donors (Lipinski definition) is 2. The molecule has 19 heavy (non-hydrogen) atoms. The number of pyridine rings is 1. The number of H-pyrrole nitrogens is 1. The van der Waals surface area contributed by atoms with Gasteiger partial charge in [0, 0.05) is 11.6 Å². The monoisotopic (exact) mass is 257 g/mol. The van der Waals surface area contributed by atoms with E-state index >= 15 is 0 Å². The molecule has 0 aliphatic rings. The third kappa shape index (κ3) is 1.85. The van der Waals surface area contributed by atoms with Crippen molar-refractivity contribution < 1.29 is 4.52 Å². The molecule has 0 aliphatic heterocycles. The quantitative estimate of drug-likeness (QED) is 0.736. The Bertz CT molecular complexity index is 741. The molecule has 0 aliphatic carbocycles. The minimum Gasteiger partial charge on any atom is -0.384 e. The zero-order valence-corrected chi connectivity index (χ0v) is 11.1. The molecular weight excluding hydrogens is 242 g/mol. The van der Waals surface area contributed by atoms with E-state index in [9.17, 15) is 0 Å². The summed E-state index contributed by atoms with van der Waals surface area (Å²) in [4.78, 5) is 4.57. The van der Waals surface area contributed by atoms with Crippen molar-refractivity contribution in [1.29, 1.82) is 0 Å². The molecule has 0 atom stereocenters. The van der Waals surface area contributed by atoms with Gasteiger partial charge in [-0.2, -0.15) is 5.10 Å². The van der Waals surface area contributed by atoms with Gasteiger partial charge in [0.25, 0.3) is 0 Å². The van der Waals surface area contributed by atoms with Crippen LogP contribution in [0.25, 0.3) is 22.4 Å². The van der Waals surface area contributed by atoms with Gasteiger partial charge in [0.2, 0.25) is 0 Å². The molecule has 0 radical (unpaired) electrons. The normalized spacial score (nSPS) is 11.6. The maximum atomic E-state index is 5.85. The van der Waals surface area contributed by atoms with Crippen molar-refractivity contribution in [2.75, 3.05) is 5.73 Å². The summed E-state index contributed by atoms with van der Waals surface area (Å²) in [5, 5.41) is 11.6. The van der Waals surface area contributed by atoms with E-state index in [-0.39, 0.29) is 5.92 Å². The summed E-state index contributed by atoms with van der Waals surface area (Å²) in [6, 6.07) is 3.85. The zero-order chi connectivity index (χ0) is 13.6. The van der Waals surface area contributed by atoms with E-state index in [4.69, 9.17) is 10.3 Å². The Morgan fingerprint density at radius 3 is 2.74 bits per heavy atom. The van der Waals surface area contributed by atoms with Crippen LogP contribution in [0.2, 0.25) is 0 Å². The van der Waals surface area contributed by atoms with Crippen LogP contribution in [0, 0.1) is 6.92 Å². The average Bonchev–Trinajstić information content (AvgIpc) is 2.95. The highest BCUT2D eigenvalue weighted by Gasteiger charge is 2.17. The minimum atomic E-state index is 0.253. The Balaban J connectivity index is 2.30. The second-order valence-corrected chi connectivity index (χ2v) is 4.92. The highest BCUT2D eigenvalue weighted by Crippen LogP contribution is 2.32. The Morgan fingerprint density at radius 2 is 2.11 bits per heavy atom. The number of nitrogens with one attached hydrogen (secondary N) is 1. The summed E-state index contributed by atoms with van der Waals surface area (Å²) in [7, 11) is 0. The largest absolute Gasteiger partial charge is 0.384 e. The Morgan fingerprint density at radius 1 is 1.32 bits per heavy atom. The summed E-state index contributed by atoms with van der Waals surface area (Å²) in [6.45, 7) is 6.05. The minimum absolute atomic E-state index is 0.253. The van der Waals surface area contributed by atoms with Gasteiger partial charge in [0.05, 0.1) is 16.8 Å². The predicted octanol–water partition coefficient (Wildman–Crippen LogP) is 2.63. The van der Waals surface area contributed by atoms with E-state index in [0.717, 1.165) is 22.3 Å². The van der Waals surface area contributed by atoms with Crippen LogP contribution in [0.3, 0.4) is 0 Å². The fourth-order valence-corrected chi connectivity index (χ4v) is 2.10. The van der Waals surface area contributed by atoms with Crippen molar-refractivity contribution in [3.05, 3.63) is 23.5 Å². The molecule has 0 aromatic carbocycles. The number of nitrogens with two attached hydrogens (primary N) is 1. The first-order valence-corrected chi connectivity index (χ1v) is 6.14. The molecule has 6 heteroatoms. The third-order valence-corrected chi connectivity index (χ3v) is 3.04. The molecule has 3 aromatic heterocycles. The van der Waals surface area contributed by atoms with Gasteiger partial charge in [0.15, 0.2) is 11.4 Å². The molecule has 0 saturated heterocycles. The fourth-order valence-electron chi connectivity index (χ4n) is 2.10. The van der Waals surface area contributed by atoms with Crippen molar-refractivity contribution in [3.8, 4) is 11.3 Å². The lowest BCUT2D eigenvalue weighted by molar-refractivity contribution is 0.426. The van der Waals surface area contributed by atoms with Gasteiger partial charge in [-0.3, -0.25) is 5.10 Å². The average molecular weight is 257 g/mol. The first-order chi connectivity index (χ1) is 9.06. The maximum Gasteiger partial charge on any atom is 0.183 e. The van der Waals surface area contributed by atoms with Crippen LogP contribution in [0.4, 0.5) is 5.82 Å². The topological polar surface area (TPSA) is 93.6 Å². The molecule has 98 valence electrons. The van der Waals surface area contributed by atoms with E-state index in [1.807, 2.05) is 19.1 Å². The molecule has 3 rings (SSSR count). The van der Waals surface area contributed by atoms with Gasteiger partial charge in [-0.15, -0.1) is 0 Å². The Labute approximate surface area is 110 Å². The van der Waals surface area contributed by atoms with Crippen LogP contribution >= 0.6 is 0 Å². The van der Waals surface area contributed by atoms with E-state index < -0.39 is 0 Å². The van der Waals surface area contributed by atoms with Gasteiger partial charge >= 0.3 is 0 Å². The van der Waals surface area contributed by atoms with Crippen molar-refractivity contribution in [3.63, 3.8) is 0 Å². The molecule has 0 saturated carbocycles. The van der Waals surface area contributed by atoms with Crippen LogP contribution in [-0.4, -0.2) is 20.3 Å². The summed E-state index contributed by atoms with van der Waals surface area (Å²) >= 11 is 0. The molecular formula is C13H15N5O. The van der Waals surface area contributed by atoms with Crippen LogP contribution in [0.5, 0.6) is 0 Å². The van der Waals surface area contributed by atoms with Gasteiger partial charge in [-0.1, -0.05) is 19.0 Å². The molecule has 3 heterocycles. The third-order valence-electron chi connectivity index (χ3n) is 3.04. The first kappa shape index (κ1) is 11.7. The van der Waals surface area contributed by atoms with Crippen molar-refractivity contribution >= 4 is 16.9 Å². The zero-order valence-electron chi connectivity index (χ0n) is 11.1. The number of nitrogen functional groups attached to an aromatic ring is 1. The predicted molar refractivity (Wildman–Crippen MR) is 72.6 cm³/mol. The highest BCUT2D eigenvalue weighted by atomic mass is 16.5. The maximum absolute atomic E-state index is 5.85. The van der Waals surface area contributed by atoms with Gasteiger partial charge in [0.1, 0.15) is 5.82 Å². The molecule has 0 unspecified atom stereocenters. The van der Waals surface area contributed by atoms with Crippen LogP contribution in [0.1, 0.15) is 31.2 Å². The summed E-state index contributed by atoms with van der Waals surface area (Å²) in [5.74, 6) is 1.47. The summed E-state index contributed by atoms with van der Waals surface area (Å²) in [5.41, 5.74) is 9.15. The van der Waals surface area contributed by atoms with Crippen LogP contribution in [-0.2, 0) is 0 Å². The molecule has 3 aromatic rings.